The van der Waals surface area contributed by atoms with Crippen molar-refractivity contribution in [2.45, 2.75) is 19.9 Å². The average molecular weight is 382 g/mol. The van der Waals surface area contributed by atoms with Crippen LogP contribution in [0.15, 0.2) is 61.1 Å². The van der Waals surface area contributed by atoms with E-state index in [-0.39, 0.29) is 0 Å². The van der Waals surface area contributed by atoms with E-state index < -0.39 is 0 Å². The number of aromatic nitrogens is 4. The third-order valence-corrected chi connectivity index (χ3v) is 5.46. The highest BCUT2D eigenvalue weighted by molar-refractivity contribution is 5.84. The lowest BCUT2D eigenvalue weighted by Gasteiger charge is -2.11. The summed E-state index contributed by atoms with van der Waals surface area (Å²) in [5.74, 6) is 1.05. The summed E-state index contributed by atoms with van der Waals surface area (Å²) >= 11 is 0. The number of aromatic amines is 2. The maximum Gasteiger partial charge on any atom is 0.224 e. The molecule has 0 saturated carbocycles. The average Bonchev–Trinajstić information content (AvgIpc) is 3.38. The smallest absolute Gasteiger partial charge is 0.224 e. The molecule has 0 fully saturated rings. The Bertz CT molecular complexity index is 1310. The normalized spacial score (nSPS) is 11.3. The molecule has 0 radical (unpaired) electrons. The fourth-order valence-electron chi connectivity index (χ4n) is 3.77. The molecule has 3 aromatic heterocycles. The molecular formula is C23H22N6. The van der Waals surface area contributed by atoms with Gasteiger partial charge in [-0.3, -0.25) is 0 Å². The maximum absolute atomic E-state index is 6.22. The van der Waals surface area contributed by atoms with E-state index in [1.165, 1.54) is 27.5 Å². The lowest BCUT2D eigenvalue weighted by Crippen LogP contribution is -2.08. The SMILES string of the molecule is Cc1c(CNc2ncc(Cc3ccc4[nH]ccc4c3)c(N)n2)ccc2[nH]ccc12. The van der Waals surface area contributed by atoms with E-state index in [1.54, 1.807) is 0 Å². The van der Waals surface area contributed by atoms with Crippen LogP contribution in [0.5, 0.6) is 0 Å². The Morgan fingerprint density at radius 3 is 2.69 bits per heavy atom. The molecule has 5 N–H and O–H groups in total. The van der Waals surface area contributed by atoms with Crippen LogP contribution in [0.25, 0.3) is 21.8 Å². The van der Waals surface area contributed by atoms with Gasteiger partial charge in [0.1, 0.15) is 5.82 Å². The standard InChI is InChI=1S/C23H22N6/c1-14-17(3-5-21-19(14)7-9-26-21)12-27-23-28-13-18(22(24)29-23)11-15-2-4-20-16(10-15)6-8-25-20/h2-10,13,25-26H,11-12H2,1H3,(H3,24,27,28,29). The second-order valence-corrected chi connectivity index (χ2v) is 7.32. The number of nitrogens with one attached hydrogen (secondary N) is 3. The van der Waals surface area contributed by atoms with E-state index in [9.17, 15) is 0 Å². The molecule has 0 aliphatic heterocycles. The number of nitrogen functional groups attached to an aromatic ring is 1. The van der Waals surface area contributed by atoms with Gasteiger partial charge in [-0.2, -0.15) is 4.98 Å². The number of nitrogens with two attached hydrogens (primary N) is 1. The molecule has 0 aliphatic carbocycles. The fourth-order valence-corrected chi connectivity index (χ4v) is 3.77. The zero-order chi connectivity index (χ0) is 19.8. The molecule has 0 saturated heterocycles. The predicted octanol–water partition coefficient (Wildman–Crippen LogP) is 4.53. The monoisotopic (exact) mass is 382 g/mol. The molecule has 29 heavy (non-hydrogen) atoms. The van der Waals surface area contributed by atoms with Crippen LogP contribution in [-0.4, -0.2) is 19.9 Å². The molecular weight excluding hydrogens is 360 g/mol. The predicted molar refractivity (Wildman–Crippen MR) is 118 cm³/mol. The highest BCUT2D eigenvalue weighted by Gasteiger charge is 2.08. The van der Waals surface area contributed by atoms with Crippen molar-refractivity contribution in [3.05, 3.63) is 83.3 Å². The highest BCUT2D eigenvalue weighted by Crippen LogP contribution is 2.22. The van der Waals surface area contributed by atoms with Gasteiger partial charge in [-0.05, 0) is 59.3 Å². The lowest BCUT2D eigenvalue weighted by molar-refractivity contribution is 1.02. The number of benzene rings is 2. The molecule has 0 amide bonds. The summed E-state index contributed by atoms with van der Waals surface area (Å²) in [6.07, 6.45) is 6.43. The van der Waals surface area contributed by atoms with E-state index in [2.05, 4.69) is 74.6 Å². The molecule has 0 aliphatic rings. The minimum Gasteiger partial charge on any atom is -0.383 e. The molecule has 144 valence electrons. The van der Waals surface area contributed by atoms with Crippen LogP contribution >= 0.6 is 0 Å². The molecule has 3 heterocycles. The summed E-state index contributed by atoms with van der Waals surface area (Å²) in [4.78, 5) is 15.4. The van der Waals surface area contributed by atoms with E-state index >= 15 is 0 Å². The van der Waals surface area contributed by atoms with Crippen LogP contribution in [0.3, 0.4) is 0 Å². The first-order chi connectivity index (χ1) is 14.2. The first-order valence-electron chi connectivity index (χ1n) is 9.64. The van der Waals surface area contributed by atoms with Crippen molar-refractivity contribution in [3.63, 3.8) is 0 Å². The van der Waals surface area contributed by atoms with Gasteiger partial charge in [0.25, 0.3) is 0 Å². The van der Waals surface area contributed by atoms with Crippen molar-refractivity contribution in [1.29, 1.82) is 0 Å². The van der Waals surface area contributed by atoms with Crippen molar-refractivity contribution in [1.82, 2.24) is 19.9 Å². The first kappa shape index (κ1) is 17.3. The lowest BCUT2D eigenvalue weighted by atomic mass is 10.0. The summed E-state index contributed by atoms with van der Waals surface area (Å²) in [6.45, 7) is 2.78. The van der Waals surface area contributed by atoms with E-state index in [0.29, 0.717) is 24.7 Å². The van der Waals surface area contributed by atoms with Crippen LogP contribution in [0.2, 0.25) is 0 Å². The van der Waals surface area contributed by atoms with Crippen LogP contribution in [0.4, 0.5) is 11.8 Å². The summed E-state index contributed by atoms with van der Waals surface area (Å²) in [6, 6.07) is 14.7. The molecule has 0 unspecified atom stereocenters. The Morgan fingerprint density at radius 1 is 0.966 bits per heavy atom. The molecule has 2 aromatic carbocycles. The second-order valence-electron chi connectivity index (χ2n) is 7.32. The van der Waals surface area contributed by atoms with Crippen molar-refractivity contribution >= 4 is 33.6 Å². The first-order valence-corrected chi connectivity index (χ1v) is 9.64. The van der Waals surface area contributed by atoms with Crippen LogP contribution in [0, 0.1) is 6.92 Å². The Kier molecular flexibility index (Phi) is 4.17. The van der Waals surface area contributed by atoms with Gasteiger partial charge in [0, 0.05) is 53.5 Å². The highest BCUT2D eigenvalue weighted by atomic mass is 15.1. The molecule has 5 aromatic rings. The number of anilines is 2. The van der Waals surface area contributed by atoms with Gasteiger partial charge in [0.15, 0.2) is 0 Å². The van der Waals surface area contributed by atoms with Crippen LogP contribution in [0.1, 0.15) is 22.3 Å². The second kappa shape index (κ2) is 6.98. The number of rotatable bonds is 5. The van der Waals surface area contributed by atoms with Crippen LogP contribution in [-0.2, 0) is 13.0 Å². The molecule has 6 heteroatoms. The van der Waals surface area contributed by atoms with Crippen LogP contribution < -0.4 is 11.1 Å². The van der Waals surface area contributed by atoms with Crippen molar-refractivity contribution in [2.75, 3.05) is 11.1 Å². The largest absolute Gasteiger partial charge is 0.383 e. The summed E-state index contributed by atoms with van der Waals surface area (Å²) < 4.78 is 0. The molecule has 5 rings (SSSR count). The molecule has 0 atom stereocenters. The van der Waals surface area contributed by atoms with Crippen molar-refractivity contribution in [3.8, 4) is 0 Å². The van der Waals surface area contributed by atoms with Gasteiger partial charge in [0.05, 0.1) is 0 Å². The third-order valence-electron chi connectivity index (χ3n) is 5.46. The van der Waals surface area contributed by atoms with Gasteiger partial charge in [-0.25, -0.2) is 4.98 Å². The summed E-state index contributed by atoms with van der Waals surface area (Å²) in [5.41, 5.74) is 13.1. The minimum atomic E-state index is 0.509. The van der Waals surface area contributed by atoms with Gasteiger partial charge < -0.3 is 21.0 Å². The summed E-state index contributed by atoms with van der Waals surface area (Å²) in [7, 11) is 0. The van der Waals surface area contributed by atoms with E-state index in [4.69, 9.17) is 5.73 Å². The van der Waals surface area contributed by atoms with Crippen molar-refractivity contribution in [2.24, 2.45) is 0 Å². The number of hydrogen-bond donors (Lipinski definition) is 4. The molecule has 0 bridgehead atoms. The topological polar surface area (TPSA) is 95.4 Å². The molecule has 6 nitrogen and oxygen atoms in total. The zero-order valence-electron chi connectivity index (χ0n) is 16.2. The van der Waals surface area contributed by atoms with E-state index in [0.717, 1.165) is 16.6 Å². The van der Waals surface area contributed by atoms with Gasteiger partial charge in [-0.15, -0.1) is 0 Å². The fraction of sp³-hybridized carbons (Fsp3) is 0.130. The van der Waals surface area contributed by atoms with Crippen molar-refractivity contribution < 1.29 is 0 Å². The molecule has 0 spiro atoms. The Morgan fingerprint density at radius 2 is 1.79 bits per heavy atom. The van der Waals surface area contributed by atoms with Gasteiger partial charge >= 0.3 is 0 Å². The number of fused-ring (bicyclic) bond motifs is 2. The Labute approximate surface area is 168 Å². The third kappa shape index (κ3) is 3.29. The number of aryl methyl sites for hydroxylation is 1. The summed E-state index contributed by atoms with van der Waals surface area (Å²) in [5, 5.41) is 5.72. The van der Waals surface area contributed by atoms with Gasteiger partial charge in [-0.1, -0.05) is 12.1 Å². The Hall–Kier alpha value is -3.80. The zero-order valence-corrected chi connectivity index (χ0v) is 16.2. The Balaban J connectivity index is 1.31. The number of hydrogen-bond acceptors (Lipinski definition) is 4. The number of H-pyrrole nitrogens is 2. The maximum atomic E-state index is 6.22. The minimum absolute atomic E-state index is 0.509. The number of nitrogens with zero attached hydrogens (tertiary/aromatic N) is 2. The van der Waals surface area contributed by atoms with E-state index in [1.807, 2.05) is 18.6 Å². The quantitative estimate of drug-likeness (QED) is 0.359. The van der Waals surface area contributed by atoms with Gasteiger partial charge in [0.2, 0.25) is 5.95 Å².